The monoisotopic (exact) mass is 341 g/mol. The van der Waals surface area contributed by atoms with Gasteiger partial charge in [-0.25, -0.2) is 9.36 Å². The van der Waals surface area contributed by atoms with Crippen LogP contribution in [-0.4, -0.2) is 39.7 Å². The molecule has 0 radical (unpaired) electrons. The van der Waals surface area contributed by atoms with Gasteiger partial charge in [-0.2, -0.15) is 5.06 Å². The normalized spacial score (nSPS) is 14.6. The molecule has 0 unspecified atom stereocenters. The highest BCUT2D eigenvalue weighted by Gasteiger charge is 2.26. The van der Waals surface area contributed by atoms with Crippen LogP contribution in [0.25, 0.3) is 11.1 Å². The number of aromatic nitrogens is 2. The van der Waals surface area contributed by atoms with Gasteiger partial charge in [0, 0.05) is 18.7 Å². The Morgan fingerprint density at radius 2 is 1.64 bits per heavy atom. The number of fused-ring (bicyclic) bond motifs is 1. The maximum Gasteiger partial charge on any atom is 0.278 e. The van der Waals surface area contributed by atoms with Crippen molar-refractivity contribution in [2.75, 3.05) is 20.2 Å². The lowest BCUT2D eigenvalue weighted by molar-refractivity contribution is -0.130. The first-order valence-corrected chi connectivity index (χ1v) is 8.34. The topological polar surface area (TPSA) is 59.6 Å². The van der Waals surface area contributed by atoms with Crippen molar-refractivity contribution < 1.29 is 9.94 Å². The van der Waals surface area contributed by atoms with E-state index in [2.05, 4.69) is 11.8 Å². The predicted octanol–water partition coefficient (Wildman–Crippen LogP) is 1.89. The molecule has 0 spiro atoms. The van der Waals surface area contributed by atoms with Crippen molar-refractivity contribution in [3.8, 4) is 28.8 Å². The Kier molecular flexibility index (Phi) is 4.71. The Morgan fingerprint density at radius 1 is 1.04 bits per heavy atom. The van der Waals surface area contributed by atoms with Gasteiger partial charge >= 0.3 is 0 Å². The molecule has 6 nitrogen and oxygen atoms in total. The van der Waals surface area contributed by atoms with Crippen LogP contribution < -0.4 is 5.56 Å². The second-order valence-corrected chi connectivity index (χ2v) is 6.22. The average molecular weight is 341 g/mol. The van der Waals surface area contributed by atoms with E-state index in [0.29, 0.717) is 31.7 Å². The van der Waals surface area contributed by atoms with Gasteiger partial charge in [-0.1, -0.05) is 5.92 Å². The minimum Gasteiger partial charge on any atom is -0.493 e. The third kappa shape index (κ3) is 2.97. The molecule has 6 heteroatoms. The molecule has 1 aromatic heterocycles. The second kappa shape index (κ2) is 6.79. The molecule has 1 aromatic carbocycles. The molecular formula is C19H23N3O3. The van der Waals surface area contributed by atoms with E-state index in [9.17, 15) is 9.90 Å². The maximum atomic E-state index is 13.0. The van der Waals surface area contributed by atoms with Gasteiger partial charge in [-0.15, -0.1) is 5.92 Å². The summed E-state index contributed by atoms with van der Waals surface area (Å²) in [6, 6.07) is 3.91. The summed E-state index contributed by atoms with van der Waals surface area (Å²) in [6.45, 7) is 7.86. The highest BCUT2D eigenvalue weighted by Crippen LogP contribution is 2.33. The Hall–Kier alpha value is -2.49. The Bertz CT molecular complexity index is 905. The van der Waals surface area contributed by atoms with Crippen LogP contribution >= 0.6 is 0 Å². The van der Waals surface area contributed by atoms with Crippen LogP contribution in [0.1, 0.15) is 23.6 Å². The third-order valence-corrected chi connectivity index (χ3v) is 4.64. The lowest BCUT2D eigenvalue weighted by atomic mass is 9.95. The molecule has 0 amide bonds. The first-order valence-electron chi connectivity index (χ1n) is 8.34. The van der Waals surface area contributed by atoms with Gasteiger partial charge in [0.2, 0.25) is 5.88 Å². The van der Waals surface area contributed by atoms with E-state index in [4.69, 9.17) is 4.84 Å². The highest BCUT2D eigenvalue weighted by molar-refractivity contribution is 5.75. The first kappa shape index (κ1) is 17.3. The number of benzene rings is 1. The van der Waals surface area contributed by atoms with Crippen molar-refractivity contribution in [1.82, 2.24) is 14.4 Å². The minimum absolute atomic E-state index is 0.0171. The third-order valence-electron chi connectivity index (χ3n) is 4.64. The Balaban J connectivity index is 2.15. The summed E-state index contributed by atoms with van der Waals surface area (Å²) < 4.78 is 3.25. The van der Waals surface area contributed by atoms with Crippen LogP contribution in [0.5, 0.6) is 5.88 Å². The largest absolute Gasteiger partial charge is 0.493 e. The number of aryl methyl sites for hydroxylation is 2. The van der Waals surface area contributed by atoms with E-state index in [-0.39, 0.29) is 11.4 Å². The van der Waals surface area contributed by atoms with Crippen LogP contribution in [-0.2, 0) is 17.9 Å². The molecule has 1 aliphatic heterocycles. The molecular weight excluding hydrogens is 318 g/mol. The fourth-order valence-electron chi connectivity index (χ4n) is 3.53. The van der Waals surface area contributed by atoms with E-state index >= 15 is 0 Å². The summed E-state index contributed by atoms with van der Waals surface area (Å²) in [5, 5.41) is 12.6. The maximum absolute atomic E-state index is 13.0. The van der Waals surface area contributed by atoms with Crippen LogP contribution in [0.3, 0.4) is 0 Å². The molecule has 1 aliphatic rings. The van der Waals surface area contributed by atoms with Gasteiger partial charge < -0.3 is 9.94 Å². The number of rotatable bonds is 2. The quantitative estimate of drug-likeness (QED) is 0.848. The number of nitrogens with zero attached hydrogens (tertiary/aromatic N) is 3. The van der Waals surface area contributed by atoms with Gasteiger partial charge in [-0.3, -0.25) is 4.79 Å². The van der Waals surface area contributed by atoms with Crippen LogP contribution in [0.15, 0.2) is 16.9 Å². The molecule has 25 heavy (non-hydrogen) atoms. The van der Waals surface area contributed by atoms with Gasteiger partial charge in [0.15, 0.2) is 0 Å². The van der Waals surface area contributed by atoms with Crippen LogP contribution in [0, 0.1) is 25.7 Å². The minimum atomic E-state index is -0.170. The fourth-order valence-corrected chi connectivity index (χ4v) is 3.53. The average Bonchev–Trinajstić information content (AvgIpc) is 2.73. The van der Waals surface area contributed by atoms with Gasteiger partial charge in [0.05, 0.1) is 20.2 Å². The molecule has 0 fully saturated rings. The number of aromatic hydroxyl groups is 1. The zero-order chi connectivity index (χ0) is 18.1. The molecule has 2 aromatic rings. The molecule has 0 atom stereocenters. The number of hydrogen-bond donors (Lipinski definition) is 1. The Morgan fingerprint density at radius 3 is 2.20 bits per heavy atom. The smallest absolute Gasteiger partial charge is 0.278 e. The van der Waals surface area contributed by atoms with Gasteiger partial charge in [0.25, 0.3) is 5.56 Å². The van der Waals surface area contributed by atoms with Crippen molar-refractivity contribution in [1.29, 1.82) is 0 Å². The van der Waals surface area contributed by atoms with Crippen molar-refractivity contribution in [3.05, 3.63) is 39.2 Å². The molecule has 0 bridgehead atoms. The summed E-state index contributed by atoms with van der Waals surface area (Å²) in [7, 11) is 1.61. The summed E-state index contributed by atoms with van der Waals surface area (Å²) in [5.74, 6) is 5.95. The van der Waals surface area contributed by atoms with E-state index in [1.807, 2.05) is 26.0 Å². The van der Waals surface area contributed by atoms with E-state index < -0.39 is 0 Å². The lowest BCUT2D eigenvalue weighted by Crippen LogP contribution is -2.27. The summed E-state index contributed by atoms with van der Waals surface area (Å²) in [6.07, 6.45) is 0. The standard InChI is InChI=1S/C19H23N3O3/c1-5-6-15-11-13(2)16(14(3)12-15)17-18(23)21-9-7-20(25-4)8-10-22(21)19(17)24/h11-12,23H,7-10H2,1-4H3. The van der Waals surface area contributed by atoms with Crippen LogP contribution in [0.4, 0.5) is 0 Å². The zero-order valence-corrected chi connectivity index (χ0v) is 15.1. The lowest BCUT2D eigenvalue weighted by Gasteiger charge is -2.15. The molecule has 2 heterocycles. The summed E-state index contributed by atoms with van der Waals surface area (Å²) in [4.78, 5) is 18.2. The van der Waals surface area contributed by atoms with Crippen molar-refractivity contribution in [2.45, 2.75) is 33.9 Å². The molecule has 0 aliphatic carbocycles. The molecule has 132 valence electrons. The first-order chi connectivity index (χ1) is 12.0. The van der Waals surface area contributed by atoms with Gasteiger partial charge in [-0.05, 0) is 49.6 Å². The van der Waals surface area contributed by atoms with E-state index in [0.717, 1.165) is 22.3 Å². The highest BCUT2D eigenvalue weighted by atomic mass is 16.7. The number of hydroxylamine groups is 2. The fraction of sp³-hybridized carbons (Fsp3) is 0.421. The number of hydrogen-bond acceptors (Lipinski definition) is 4. The van der Waals surface area contributed by atoms with Crippen LogP contribution in [0.2, 0.25) is 0 Å². The van der Waals surface area contributed by atoms with Crippen molar-refractivity contribution in [2.24, 2.45) is 0 Å². The van der Waals surface area contributed by atoms with Gasteiger partial charge in [0.1, 0.15) is 5.56 Å². The molecule has 1 N–H and O–H groups in total. The molecule has 3 rings (SSSR count). The summed E-state index contributed by atoms with van der Waals surface area (Å²) >= 11 is 0. The van der Waals surface area contributed by atoms with Crippen molar-refractivity contribution in [3.63, 3.8) is 0 Å². The predicted molar refractivity (Wildman–Crippen MR) is 96.4 cm³/mol. The Labute approximate surface area is 147 Å². The SMILES string of the molecule is CC#Cc1cc(C)c(-c2c(O)n3n(c2=O)CCN(OC)CC3)c(C)c1. The second-order valence-electron chi connectivity index (χ2n) is 6.22. The van der Waals surface area contributed by atoms with E-state index in [1.165, 1.54) is 0 Å². The summed E-state index contributed by atoms with van der Waals surface area (Å²) in [5.41, 5.74) is 3.78. The van der Waals surface area contributed by atoms with Crippen molar-refractivity contribution >= 4 is 0 Å². The molecule has 0 saturated heterocycles. The van der Waals surface area contributed by atoms with E-state index in [1.54, 1.807) is 28.5 Å². The zero-order valence-electron chi connectivity index (χ0n) is 15.1. The molecule has 0 saturated carbocycles.